The summed E-state index contributed by atoms with van der Waals surface area (Å²) in [5.41, 5.74) is 2.72. The van der Waals surface area contributed by atoms with Gasteiger partial charge in [0.1, 0.15) is 18.0 Å². The van der Waals surface area contributed by atoms with Crippen molar-refractivity contribution in [3.8, 4) is 5.75 Å². The number of hydrogen-bond donors (Lipinski definition) is 4. The smallest absolute Gasteiger partial charge is 0.319 e. The molecule has 2 fully saturated rings. The third kappa shape index (κ3) is 5.82. The van der Waals surface area contributed by atoms with Crippen LogP contribution in [0.5, 0.6) is 5.75 Å². The van der Waals surface area contributed by atoms with Crippen molar-refractivity contribution in [2.75, 3.05) is 11.9 Å². The molecule has 3 aliphatic rings. The summed E-state index contributed by atoms with van der Waals surface area (Å²) in [6, 6.07) is 15.5. The van der Waals surface area contributed by atoms with Crippen molar-refractivity contribution in [1.29, 1.82) is 0 Å². The number of nitrogens with one attached hydrogen (secondary N) is 3. The number of benzene rings is 2. The van der Waals surface area contributed by atoms with E-state index in [9.17, 15) is 14.7 Å². The lowest BCUT2D eigenvalue weighted by Gasteiger charge is -2.37. The monoisotopic (exact) mass is 493 g/mol. The Bertz CT molecular complexity index is 1060. The van der Waals surface area contributed by atoms with Crippen LogP contribution in [0.3, 0.4) is 0 Å². The third-order valence-electron chi connectivity index (χ3n) is 7.44. The van der Waals surface area contributed by atoms with Gasteiger partial charge < -0.3 is 30.5 Å². The van der Waals surface area contributed by atoms with E-state index >= 15 is 0 Å². The van der Waals surface area contributed by atoms with Gasteiger partial charge in [-0.3, -0.25) is 4.79 Å². The summed E-state index contributed by atoms with van der Waals surface area (Å²) >= 11 is 0. The van der Waals surface area contributed by atoms with Crippen LogP contribution in [-0.4, -0.2) is 48.0 Å². The van der Waals surface area contributed by atoms with Crippen molar-refractivity contribution in [2.45, 2.75) is 81.8 Å². The van der Waals surface area contributed by atoms with Crippen LogP contribution in [0.15, 0.2) is 48.5 Å². The van der Waals surface area contributed by atoms with Crippen LogP contribution < -0.4 is 20.7 Å². The van der Waals surface area contributed by atoms with Gasteiger partial charge in [0.25, 0.3) is 0 Å². The van der Waals surface area contributed by atoms with E-state index < -0.39 is 6.10 Å². The normalized spacial score (nSPS) is 25.2. The number of aliphatic hydroxyl groups is 1. The number of ether oxygens (including phenoxy) is 2. The maximum Gasteiger partial charge on any atom is 0.319 e. The Kier molecular flexibility index (Phi) is 7.72. The van der Waals surface area contributed by atoms with Gasteiger partial charge in [-0.25, -0.2) is 4.79 Å². The summed E-state index contributed by atoms with van der Waals surface area (Å²) in [6.07, 6.45) is 5.24. The molecule has 1 saturated carbocycles. The standard InChI is InChI=1S/C28H35N3O5/c32-17-25-27-23(14-21(35-25)15-26(33)29-16-18-7-3-1-4-8-18)22-13-20(11-12-24(22)36-27)31-28(34)30-19-9-5-2-6-10-19/h1,3-4,7-8,11-13,19,21,23,25,27,32H,2,5-6,9-10,14-17H2,(H,29,33)(H2,30,31,34)/t21-,23+,25+,27-/m1/s1. The molecule has 2 aliphatic heterocycles. The lowest BCUT2D eigenvalue weighted by atomic mass is 9.84. The average molecular weight is 494 g/mol. The summed E-state index contributed by atoms with van der Waals surface area (Å²) in [5.74, 6) is 0.619. The minimum absolute atomic E-state index is 0.0269. The fourth-order valence-corrected chi connectivity index (χ4v) is 5.64. The van der Waals surface area contributed by atoms with Crippen LogP contribution in [0, 0.1) is 0 Å². The summed E-state index contributed by atoms with van der Waals surface area (Å²) in [6.45, 7) is 0.276. The second-order valence-corrected chi connectivity index (χ2v) is 10.1. The van der Waals surface area contributed by atoms with Crippen LogP contribution in [0.4, 0.5) is 10.5 Å². The zero-order valence-corrected chi connectivity index (χ0v) is 20.4. The molecule has 0 bridgehead atoms. The SMILES string of the molecule is O=C(C[C@H]1C[C@H]2c3cc(NC(=O)NC4CCCCC4)ccc3O[C@H]2[C@H](CO)O1)NCc1ccccc1. The van der Waals surface area contributed by atoms with Crippen LogP contribution in [-0.2, 0) is 16.1 Å². The number of hydrogen-bond acceptors (Lipinski definition) is 5. The Balaban J connectivity index is 1.21. The molecule has 0 spiro atoms. The molecule has 0 radical (unpaired) electrons. The highest BCUT2D eigenvalue weighted by molar-refractivity contribution is 5.89. The number of urea groups is 1. The molecule has 36 heavy (non-hydrogen) atoms. The summed E-state index contributed by atoms with van der Waals surface area (Å²) in [7, 11) is 0. The molecule has 8 nitrogen and oxygen atoms in total. The van der Waals surface area contributed by atoms with Crippen molar-refractivity contribution in [2.24, 2.45) is 0 Å². The molecule has 2 heterocycles. The summed E-state index contributed by atoms with van der Waals surface area (Å²) in [4.78, 5) is 25.2. The minimum atomic E-state index is -0.519. The molecule has 8 heteroatoms. The second-order valence-electron chi connectivity index (χ2n) is 10.1. The molecule has 0 aromatic heterocycles. The van der Waals surface area contributed by atoms with Crippen molar-refractivity contribution in [3.05, 3.63) is 59.7 Å². The molecule has 4 atom stereocenters. The van der Waals surface area contributed by atoms with Crippen molar-refractivity contribution >= 4 is 17.6 Å². The van der Waals surface area contributed by atoms with Gasteiger partial charge in [-0.15, -0.1) is 0 Å². The van der Waals surface area contributed by atoms with Crippen molar-refractivity contribution in [3.63, 3.8) is 0 Å². The molecule has 1 saturated heterocycles. The Morgan fingerprint density at radius 2 is 1.83 bits per heavy atom. The highest BCUT2D eigenvalue weighted by atomic mass is 16.6. The minimum Gasteiger partial charge on any atom is -0.487 e. The van der Waals surface area contributed by atoms with E-state index in [1.807, 2.05) is 48.5 Å². The van der Waals surface area contributed by atoms with Crippen LogP contribution in [0.1, 0.15) is 62.0 Å². The lowest BCUT2D eigenvalue weighted by Crippen LogP contribution is -2.47. The highest BCUT2D eigenvalue weighted by Crippen LogP contribution is 2.47. The molecule has 1 aliphatic carbocycles. The second kappa shape index (κ2) is 11.3. The quantitative estimate of drug-likeness (QED) is 0.469. The number of amides is 3. The predicted octanol–water partition coefficient (Wildman–Crippen LogP) is 3.84. The van der Waals surface area contributed by atoms with E-state index in [1.54, 1.807) is 0 Å². The fraction of sp³-hybridized carbons (Fsp3) is 0.500. The topological polar surface area (TPSA) is 109 Å². The first-order valence-electron chi connectivity index (χ1n) is 13.0. The highest BCUT2D eigenvalue weighted by Gasteiger charge is 2.46. The molecule has 0 unspecified atom stereocenters. The third-order valence-corrected chi connectivity index (χ3v) is 7.44. The van der Waals surface area contributed by atoms with Gasteiger partial charge in [0, 0.05) is 29.8 Å². The molecule has 192 valence electrons. The first-order chi connectivity index (χ1) is 17.6. The lowest BCUT2D eigenvalue weighted by molar-refractivity contribution is -0.142. The Hall–Kier alpha value is -3.10. The Morgan fingerprint density at radius 3 is 2.61 bits per heavy atom. The number of rotatable bonds is 7. The van der Waals surface area contributed by atoms with E-state index in [0.717, 1.165) is 42.6 Å². The largest absolute Gasteiger partial charge is 0.487 e. The predicted molar refractivity (Wildman–Crippen MR) is 136 cm³/mol. The van der Waals surface area contributed by atoms with Gasteiger partial charge in [-0.05, 0) is 43.0 Å². The van der Waals surface area contributed by atoms with Crippen LogP contribution in [0.25, 0.3) is 0 Å². The van der Waals surface area contributed by atoms with Gasteiger partial charge in [0.15, 0.2) is 0 Å². The zero-order valence-electron chi connectivity index (χ0n) is 20.4. The van der Waals surface area contributed by atoms with Gasteiger partial charge in [0.05, 0.1) is 19.1 Å². The van der Waals surface area contributed by atoms with E-state index in [1.165, 1.54) is 6.42 Å². The van der Waals surface area contributed by atoms with Gasteiger partial charge >= 0.3 is 6.03 Å². The Morgan fingerprint density at radius 1 is 1.03 bits per heavy atom. The molecular weight excluding hydrogens is 458 g/mol. The number of aliphatic hydroxyl groups excluding tert-OH is 1. The molecule has 5 rings (SSSR count). The van der Waals surface area contributed by atoms with E-state index in [4.69, 9.17) is 9.47 Å². The number of carbonyl (C=O) groups excluding carboxylic acids is 2. The number of carbonyl (C=O) groups is 2. The van der Waals surface area contributed by atoms with E-state index in [2.05, 4.69) is 16.0 Å². The maximum absolute atomic E-state index is 12.6. The fourth-order valence-electron chi connectivity index (χ4n) is 5.64. The first-order valence-corrected chi connectivity index (χ1v) is 13.0. The first kappa shape index (κ1) is 24.6. The van der Waals surface area contributed by atoms with Crippen molar-refractivity contribution in [1.82, 2.24) is 10.6 Å². The van der Waals surface area contributed by atoms with E-state index in [0.29, 0.717) is 18.7 Å². The summed E-state index contributed by atoms with van der Waals surface area (Å²) < 4.78 is 12.2. The average Bonchev–Trinajstić information content (AvgIpc) is 3.26. The molecule has 2 aromatic rings. The maximum atomic E-state index is 12.6. The van der Waals surface area contributed by atoms with Crippen molar-refractivity contribution < 1.29 is 24.2 Å². The Labute approximate surface area is 211 Å². The molecular formula is C28H35N3O5. The van der Waals surface area contributed by atoms with Crippen LogP contribution >= 0.6 is 0 Å². The molecule has 4 N–H and O–H groups in total. The molecule has 3 amide bonds. The van der Waals surface area contributed by atoms with Crippen LogP contribution in [0.2, 0.25) is 0 Å². The van der Waals surface area contributed by atoms with Gasteiger partial charge in [-0.1, -0.05) is 49.6 Å². The zero-order chi connectivity index (χ0) is 24.9. The number of fused-ring (bicyclic) bond motifs is 3. The molecule has 2 aromatic carbocycles. The number of anilines is 1. The summed E-state index contributed by atoms with van der Waals surface area (Å²) in [5, 5.41) is 19.0. The van der Waals surface area contributed by atoms with Gasteiger partial charge in [0.2, 0.25) is 5.91 Å². The van der Waals surface area contributed by atoms with E-state index in [-0.39, 0.29) is 49.1 Å². The van der Waals surface area contributed by atoms with Gasteiger partial charge in [-0.2, -0.15) is 0 Å².